The molecule has 0 N–H and O–H groups in total. The summed E-state index contributed by atoms with van der Waals surface area (Å²) in [4.78, 5) is 0. The molecule has 0 saturated heterocycles. The summed E-state index contributed by atoms with van der Waals surface area (Å²) in [5.74, 6) is 0. The largest absolute Gasteiger partial charge is 0.105 e. The highest BCUT2D eigenvalue weighted by molar-refractivity contribution is 7.49. The molecule has 0 nitrogen and oxygen atoms in total. The van der Waals surface area contributed by atoms with Crippen LogP contribution in [0.1, 0.15) is 134 Å². The molecule has 2 atom stereocenters. The third-order valence-electron chi connectivity index (χ3n) is 8.93. The van der Waals surface area contributed by atoms with Crippen LogP contribution in [0.15, 0.2) is 54.6 Å². The number of rotatable bonds is 14. The fraction of sp³-hybridized carbons (Fsp3) is 0.579. The lowest BCUT2D eigenvalue weighted by Crippen LogP contribution is -2.28. The van der Waals surface area contributed by atoms with Gasteiger partial charge in [0.1, 0.15) is 0 Å². The molecule has 220 valence electrons. The zero-order chi connectivity index (χ0) is 28.6. The average molecular weight is 577 g/mol. The Balaban J connectivity index is 0.000000222. The Hall–Kier alpha value is -1.22. The monoisotopic (exact) mass is 576 g/mol. The lowest BCUT2D eigenvalue weighted by Gasteiger charge is -2.38. The maximum Gasteiger partial charge on any atom is -0.00814 e. The number of benzene rings is 3. The molecule has 1 fully saturated rings. The molecule has 40 heavy (non-hydrogen) atoms. The van der Waals surface area contributed by atoms with Gasteiger partial charge in [0.25, 0.3) is 0 Å². The van der Waals surface area contributed by atoms with Gasteiger partial charge in [-0.1, -0.05) is 142 Å². The molecule has 0 bridgehead atoms. The van der Waals surface area contributed by atoms with Crippen molar-refractivity contribution in [1.82, 2.24) is 0 Å². The maximum absolute atomic E-state index is 2.95. The van der Waals surface area contributed by atoms with E-state index in [4.69, 9.17) is 0 Å². The van der Waals surface area contributed by atoms with Crippen LogP contribution in [0.2, 0.25) is 0 Å². The molecular formula is C38H58P2. The van der Waals surface area contributed by atoms with Crippen LogP contribution in [0.4, 0.5) is 0 Å². The van der Waals surface area contributed by atoms with Crippen molar-refractivity contribution in [3.8, 4) is 0 Å². The van der Waals surface area contributed by atoms with E-state index in [1.54, 1.807) is 22.0 Å². The first kappa shape index (κ1) is 33.3. The van der Waals surface area contributed by atoms with Gasteiger partial charge in [0.2, 0.25) is 0 Å². The number of hydrogen-bond donors (Lipinski definition) is 0. The summed E-state index contributed by atoms with van der Waals surface area (Å²) in [5, 5.41) is 6.54. The van der Waals surface area contributed by atoms with Gasteiger partial charge in [-0.25, -0.2) is 0 Å². The van der Waals surface area contributed by atoms with Crippen molar-refractivity contribution in [3.05, 3.63) is 71.3 Å². The molecule has 0 spiro atoms. The zero-order valence-corrected chi connectivity index (χ0v) is 28.4. The fourth-order valence-electron chi connectivity index (χ4n) is 6.48. The van der Waals surface area contributed by atoms with Crippen molar-refractivity contribution in [1.29, 1.82) is 0 Å². The van der Waals surface area contributed by atoms with Crippen molar-refractivity contribution < 1.29 is 0 Å². The Morgan fingerprint density at radius 1 is 0.650 bits per heavy atom. The Bertz CT molecular complexity index is 1120. The number of fused-ring (bicyclic) bond motifs is 1. The molecule has 0 amide bonds. The van der Waals surface area contributed by atoms with E-state index in [1.165, 1.54) is 125 Å². The highest BCUT2D eigenvalue weighted by atomic mass is 31.1. The minimum Gasteiger partial charge on any atom is -0.105 e. The van der Waals surface area contributed by atoms with Crippen molar-refractivity contribution in [2.45, 2.75) is 142 Å². The van der Waals surface area contributed by atoms with E-state index in [9.17, 15) is 0 Å². The van der Waals surface area contributed by atoms with E-state index in [2.05, 4.69) is 91.5 Å². The number of unbranched alkanes of at least 4 members (excludes halogenated alkanes) is 4. The van der Waals surface area contributed by atoms with Crippen LogP contribution in [0.25, 0.3) is 10.8 Å². The van der Waals surface area contributed by atoms with E-state index in [0.717, 1.165) is 8.58 Å². The summed E-state index contributed by atoms with van der Waals surface area (Å²) in [6, 6.07) is 20.5. The lowest BCUT2D eigenvalue weighted by molar-refractivity contribution is 0.367. The third-order valence-corrected chi connectivity index (χ3v) is 11.5. The van der Waals surface area contributed by atoms with Crippen LogP contribution in [-0.2, 0) is 19.3 Å². The van der Waals surface area contributed by atoms with Crippen molar-refractivity contribution >= 4 is 39.2 Å². The maximum atomic E-state index is 2.95. The summed E-state index contributed by atoms with van der Waals surface area (Å²) in [6.07, 6.45) is 23.1. The molecule has 1 saturated carbocycles. The van der Waals surface area contributed by atoms with Gasteiger partial charge in [0, 0.05) is 0 Å². The van der Waals surface area contributed by atoms with Gasteiger partial charge in [-0.2, -0.15) is 0 Å². The summed E-state index contributed by atoms with van der Waals surface area (Å²) >= 11 is 0. The SMILES string of the molecule is CCCCC1(Pc2cccc3ccccc23)CCCCC1.CCCCc1ccc(P)c(CCCC)c1CCCC. The molecule has 2 heteroatoms. The average Bonchev–Trinajstić information content (AvgIpc) is 2.99. The highest BCUT2D eigenvalue weighted by Crippen LogP contribution is 2.47. The van der Waals surface area contributed by atoms with E-state index in [0.29, 0.717) is 5.16 Å². The van der Waals surface area contributed by atoms with E-state index >= 15 is 0 Å². The quantitative estimate of drug-likeness (QED) is 0.167. The minimum absolute atomic E-state index is 0.610. The molecule has 0 aliphatic heterocycles. The fourth-order valence-corrected chi connectivity index (χ4v) is 8.91. The van der Waals surface area contributed by atoms with E-state index in [1.807, 2.05) is 0 Å². The second-order valence-electron chi connectivity index (χ2n) is 12.2. The van der Waals surface area contributed by atoms with E-state index < -0.39 is 0 Å². The van der Waals surface area contributed by atoms with Gasteiger partial charge in [-0.3, -0.25) is 0 Å². The van der Waals surface area contributed by atoms with E-state index in [-0.39, 0.29) is 0 Å². The normalized spacial score (nSPS) is 14.9. The first-order valence-corrected chi connectivity index (χ1v) is 18.3. The van der Waals surface area contributed by atoms with Gasteiger partial charge in [0.15, 0.2) is 0 Å². The third kappa shape index (κ3) is 9.95. The molecular weight excluding hydrogens is 518 g/mol. The van der Waals surface area contributed by atoms with Crippen LogP contribution in [0, 0.1) is 0 Å². The van der Waals surface area contributed by atoms with Crippen molar-refractivity contribution in [2.75, 3.05) is 0 Å². The topological polar surface area (TPSA) is 0 Å². The van der Waals surface area contributed by atoms with Gasteiger partial charge < -0.3 is 0 Å². The second kappa shape index (κ2) is 18.3. The molecule has 1 aliphatic carbocycles. The standard InChI is InChI=1S/C20H27P.C18H31P/c1-2-3-14-20(15-7-4-8-16-20)21-19-13-9-11-17-10-5-6-12-18(17)19;1-4-7-10-15-13-14-18(19)17(12-9-6-3)16(15)11-8-5-2/h5-6,9-13,21H,2-4,7-8,14-16H2,1H3;13-14H,4-12,19H2,1-3H3. The first-order chi connectivity index (χ1) is 19.6. The van der Waals surface area contributed by atoms with Crippen LogP contribution in [0.5, 0.6) is 0 Å². The van der Waals surface area contributed by atoms with Gasteiger partial charge >= 0.3 is 0 Å². The van der Waals surface area contributed by atoms with Crippen LogP contribution in [-0.4, -0.2) is 5.16 Å². The summed E-state index contributed by atoms with van der Waals surface area (Å²) in [6.45, 7) is 9.20. The molecule has 4 rings (SSSR count). The lowest BCUT2D eigenvalue weighted by atomic mass is 9.84. The first-order valence-electron chi connectivity index (χ1n) is 16.7. The molecule has 0 aromatic heterocycles. The summed E-state index contributed by atoms with van der Waals surface area (Å²) < 4.78 is 0. The minimum atomic E-state index is 0.610. The number of aryl methyl sites for hydroxylation is 1. The highest BCUT2D eigenvalue weighted by Gasteiger charge is 2.32. The summed E-state index contributed by atoms with van der Waals surface area (Å²) in [7, 11) is 3.94. The number of hydrogen-bond acceptors (Lipinski definition) is 0. The zero-order valence-electron chi connectivity index (χ0n) is 26.3. The molecule has 1 aliphatic rings. The van der Waals surface area contributed by atoms with Crippen molar-refractivity contribution in [2.24, 2.45) is 0 Å². The Morgan fingerprint density at radius 2 is 1.27 bits per heavy atom. The van der Waals surface area contributed by atoms with Crippen LogP contribution < -0.4 is 10.6 Å². The van der Waals surface area contributed by atoms with Gasteiger partial charge in [-0.15, -0.1) is 9.24 Å². The second-order valence-corrected chi connectivity index (χ2v) is 14.6. The van der Waals surface area contributed by atoms with Gasteiger partial charge in [0.05, 0.1) is 0 Å². The Labute approximate surface area is 251 Å². The molecule has 3 aromatic carbocycles. The Kier molecular flexibility index (Phi) is 15.3. The molecule has 3 aromatic rings. The molecule has 0 radical (unpaired) electrons. The van der Waals surface area contributed by atoms with Crippen molar-refractivity contribution in [3.63, 3.8) is 0 Å². The molecule has 2 unspecified atom stereocenters. The molecule has 0 heterocycles. The predicted molar refractivity (Wildman–Crippen MR) is 189 cm³/mol. The smallest absolute Gasteiger partial charge is 0.00814 e. The van der Waals surface area contributed by atoms with Crippen LogP contribution in [0.3, 0.4) is 0 Å². The predicted octanol–water partition coefficient (Wildman–Crippen LogP) is 11.3. The Morgan fingerprint density at radius 3 is 1.98 bits per heavy atom. The van der Waals surface area contributed by atoms with Gasteiger partial charge in [-0.05, 0) is 101 Å². The summed E-state index contributed by atoms with van der Waals surface area (Å²) in [5.41, 5.74) is 4.93. The van der Waals surface area contributed by atoms with Crippen LogP contribution >= 0.6 is 17.8 Å².